The molecule has 0 rings (SSSR count). The van der Waals surface area contributed by atoms with Crippen LogP contribution < -0.4 is 0 Å². The molecule has 3 heteroatoms. The predicted molar refractivity (Wildman–Crippen MR) is 96.7 cm³/mol. The summed E-state index contributed by atoms with van der Waals surface area (Å²) in [5.74, 6) is 0. The summed E-state index contributed by atoms with van der Waals surface area (Å²) < 4.78 is -0.283. The first-order valence-corrected chi connectivity index (χ1v) is 9.79. The average molecular weight is 316 g/mol. The van der Waals surface area contributed by atoms with Gasteiger partial charge in [-0.2, -0.15) is 0 Å². The maximum Gasteiger partial charge on any atom is 0.102 e. The Hall–Kier alpha value is -0.120. The summed E-state index contributed by atoms with van der Waals surface area (Å²) >= 11 is 0. The third kappa shape index (κ3) is 16.3. The molecule has 0 aromatic heterocycles. The Balaban J connectivity index is 3.11. The molecule has 134 valence electrons. The first-order valence-electron chi connectivity index (χ1n) is 9.79. The summed E-state index contributed by atoms with van der Waals surface area (Å²) in [7, 11) is 1.67. The van der Waals surface area contributed by atoms with Crippen LogP contribution in [0.2, 0.25) is 0 Å². The van der Waals surface area contributed by atoms with Crippen molar-refractivity contribution < 1.29 is 9.75 Å². The molecule has 0 aliphatic heterocycles. The molecule has 0 aliphatic carbocycles. The van der Waals surface area contributed by atoms with Crippen LogP contribution in [0.25, 0.3) is 0 Å². The van der Waals surface area contributed by atoms with Gasteiger partial charge < -0.3 is 15.0 Å². The van der Waals surface area contributed by atoms with Crippen molar-refractivity contribution in [3.05, 3.63) is 5.21 Å². The maximum absolute atomic E-state index is 11.8. The lowest BCUT2D eigenvalue weighted by atomic mass is 10.0. The van der Waals surface area contributed by atoms with Gasteiger partial charge >= 0.3 is 0 Å². The average Bonchev–Trinajstić information content (AvgIpc) is 2.47. The van der Waals surface area contributed by atoms with Crippen LogP contribution in [-0.2, 0) is 0 Å². The zero-order valence-corrected chi connectivity index (χ0v) is 15.3. The normalized spacial score (nSPS) is 14.2. The summed E-state index contributed by atoms with van der Waals surface area (Å²) in [5, 5.41) is 20.6. The van der Waals surface area contributed by atoms with Crippen molar-refractivity contribution in [1.29, 1.82) is 0 Å². The number of nitrogens with zero attached hydrogens (tertiary/aromatic N) is 1. The van der Waals surface area contributed by atoms with Crippen LogP contribution >= 0.6 is 0 Å². The highest BCUT2D eigenvalue weighted by Crippen LogP contribution is 2.13. The first kappa shape index (κ1) is 21.9. The van der Waals surface area contributed by atoms with E-state index in [-0.39, 0.29) is 11.3 Å². The third-order valence-corrected chi connectivity index (χ3v) is 4.56. The van der Waals surface area contributed by atoms with E-state index in [1.54, 1.807) is 7.05 Å². The Labute approximate surface area is 139 Å². The third-order valence-electron chi connectivity index (χ3n) is 4.56. The van der Waals surface area contributed by atoms with Crippen molar-refractivity contribution >= 4 is 0 Å². The van der Waals surface area contributed by atoms with E-state index in [1.165, 1.54) is 83.5 Å². The molecule has 3 nitrogen and oxygen atoms in total. The number of rotatable bonds is 17. The van der Waals surface area contributed by atoms with Crippen LogP contribution in [0.3, 0.4) is 0 Å². The SMILES string of the molecule is CCCCCCCCCCCCCCCC[N+](C)([O-])CCO. The molecular formula is C19H41NO2. The lowest BCUT2D eigenvalue weighted by molar-refractivity contribution is -0.861. The van der Waals surface area contributed by atoms with Gasteiger partial charge in [-0.1, -0.05) is 84.0 Å². The maximum atomic E-state index is 11.8. The molecule has 0 amide bonds. The molecule has 1 N–H and O–H groups in total. The van der Waals surface area contributed by atoms with Crippen LogP contribution in [0.5, 0.6) is 0 Å². The molecule has 0 spiro atoms. The van der Waals surface area contributed by atoms with Crippen LogP contribution in [0.4, 0.5) is 0 Å². The van der Waals surface area contributed by atoms with Crippen molar-refractivity contribution in [2.45, 2.75) is 96.8 Å². The number of hydrogen-bond donors (Lipinski definition) is 1. The predicted octanol–water partition coefficient (Wildman–Crippen LogP) is 5.40. The minimum atomic E-state index is -0.283. The lowest BCUT2D eigenvalue weighted by Crippen LogP contribution is -2.40. The second kappa shape index (κ2) is 15.8. The Morgan fingerprint density at radius 3 is 1.36 bits per heavy atom. The van der Waals surface area contributed by atoms with Gasteiger partial charge in [0, 0.05) is 0 Å². The van der Waals surface area contributed by atoms with Crippen molar-refractivity contribution in [1.82, 2.24) is 0 Å². The number of aliphatic hydroxyl groups excluding tert-OH is 1. The van der Waals surface area contributed by atoms with Gasteiger partial charge in [-0.05, 0) is 12.8 Å². The molecule has 0 heterocycles. The van der Waals surface area contributed by atoms with E-state index in [0.29, 0.717) is 13.1 Å². The minimum Gasteiger partial charge on any atom is -0.633 e. The monoisotopic (exact) mass is 315 g/mol. The number of likely N-dealkylation sites (N-methyl/N-ethyl adjacent to an activating group) is 1. The highest BCUT2D eigenvalue weighted by Gasteiger charge is 2.07. The first-order chi connectivity index (χ1) is 10.6. The summed E-state index contributed by atoms with van der Waals surface area (Å²) in [5.41, 5.74) is 0. The molecule has 22 heavy (non-hydrogen) atoms. The number of quaternary nitrogens is 1. The standard InChI is InChI=1S/C19H41NO2/c1-3-4-5-6-7-8-9-10-11-12-13-14-15-16-17-20(2,22)18-19-21/h21H,3-19H2,1-2H3. The molecule has 0 saturated carbocycles. The van der Waals surface area contributed by atoms with Gasteiger partial charge in [-0.3, -0.25) is 0 Å². The van der Waals surface area contributed by atoms with Crippen LogP contribution in [0.15, 0.2) is 0 Å². The van der Waals surface area contributed by atoms with E-state index in [9.17, 15) is 5.21 Å². The fourth-order valence-corrected chi connectivity index (χ4v) is 2.96. The topological polar surface area (TPSA) is 43.3 Å². The summed E-state index contributed by atoms with van der Waals surface area (Å²) in [6.45, 7) is 3.25. The number of unbranched alkanes of at least 4 members (excludes halogenated alkanes) is 13. The second-order valence-corrected chi connectivity index (χ2v) is 7.06. The Morgan fingerprint density at radius 2 is 1.00 bits per heavy atom. The molecule has 1 unspecified atom stereocenters. The lowest BCUT2D eigenvalue weighted by Gasteiger charge is -2.38. The molecule has 0 aliphatic rings. The Kier molecular flexibility index (Phi) is 15.7. The van der Waals surface area contributed by atoms with Crippen LogP contribution in [0.1, 0.15) is 96.8 Å². The van der Waals surface area contributed by atoms with Crippen molar-refractivity contribution in [2.24, 2.45) is 0 Å². The zero-order chi connectivity index (χ0) is 16.5. The van der Waals surface area contributed by atoms with Crippen LogP contribution in [-0.4, -0.2) is 36.5 Å². The quantitative estimate of drug-likeness (QED) is 0.222. The van der Waals surface area contributed by atoms with Gasteiger partial charge in [0.05, 0.1) is 20.2 Å². The summed E-state index contributed by atoms with van der Waals surface area (Å²) in [4.78, 5) is 0. The van der Waals surface area contributed by atoms with Crippen molar-refractivity contribution in [3.63, 3.8) is 0 Å². The fraction of sp³-hybridized carbons (Fsp3) is 1.00. The second-order valence-electron chi connectivity index (χ2n) is 7.06. The molecule has 0 bridgehead atoms. The van der Waals surface area contributed by atoms with Gasteiger partial charge in [0.2, 0.25) is 0 Å². The van der Waals surface area contributed by atoms with E-state index >= 15 is 0 Å². The largest absolute Gasteiger partial charge is 0.633 e. The van der Waals surface area contributed by atoms with Gasteiger partial charge in [0.15, 0.2) is 0 Å². The molecular weight excluding hydrogens is 274 g/mol. The van der Waals surface area contributed by atoms with E-state index in [1.807, 2.05) is 0 Å². The molecule has 0 fully saturated rings. The van der Waals surface area contributed by atoms with E-state index < -0.39 is 0 Å². The number of aliphatic hydroxyl groups is 1. The van der Waals surface area contributed by atoms with E-state index in [2.05, 4.69) is 6.92 Å². The van der Waals surface area contributed by atoms with Crippen molar-refractivity contribution in [2.75, 3.05) is 26.7 Å². The summed E-state index contributed by atoms with van der Waals surface area (Å²) in [6.07, 6.45) is 18.8. The molecule has 0 saturated heterocycles. The van der Waals surface area contributed by atoms with Crippen LogP contribution in [0, 0.1) is 5.21 Å². The highest BCUT2D eigenvalue weighted by atomic mass is 16.5. The van der Waals surface area contributed by atoms with E-state index in [0.717, 1.165) is 6.42 Å². The van der Waals surface area contributed by atoms with Gasteiger partial charge in [0.25, 0.3) is 0 Å². The number of hydrogen-bond acceptors (Lipinski definition) is 2. The Bertz CT molecular complexity index is 219. The van der Waals surface area contributed by atoms with Gasteiger partial charge in [0.1, 0.15) is 6.54 Å². The minimum absolute atomic E-state index is 0.00139. The number of hydroxylamine groups is 3. The highest BCUT2D eigenvalue weighted by molar-refractivity contribution is 4.49. The molecule has 1 atom stereocenters. The summed E-state index contributed by atoms with van der Waals surface area (Å²) in [6, 6.07) is 0. The van der Waals surface area contributed by atoms with Gasteiger partial charge in [-0.15, -0.1) is 0 Å². The molecule has 0 aromatic carbocycles. The zero-order valence-electron chi connectivity index (χ0n) is 15.3. The smallest absolute Gasteiger partial charge is 0.102 e. The Morgan fingerprint density at radius 1 is 0.636 bits per heavy atom. The fourth-order valence-electron chi connectivity index (χ4n) is 2.96. The van der Waals surface area contributed by atoms with Crippen molar-refractivity contribution in [3.8, 4) is 0 Å². The molecule has 0 aromatic rings. The van der Waals surface area contributed by atoms with Gasteiger partial charge in [-0.25, -0.2) is 0 Å². The van der Waals surface area contributed by atoms with E-state index in [4.69, 9.17) is 5.11 Å². The molecule has 0 radical (unpaired) electrons.